The van der Waals surface area contributed by atoms with Crippen LogP contribution >= 0.6 is 0 Å². The van der Waals surface area contributed by atoms with Crippen molar-refractivity contribution in [3.63, 3.8) is 0 Å². The van der Waals surface area contributed by atoms with E-state index in [1.807, 2.05) is 78.0 Å². The van der Waals surface area contributed by atoms with Gasteiger partial charge in [-0.2, -0.15) is 0 Å². The normalized spacial score (nSPS) is 20.4. The Hall–Kier alpha value is -4.26. The van der Waals surface area contributed by atoms with Crippen molar-refractivity contribution in [1.29, 1.82) is 0 Å². The summed E-state index contributed by atoms with van der Waals surface area (Å²) in [5, 5.41) is 28.1. The molecule has 318 valence electrons. The van der Waals surface area contributed by atoms with E-state index in [2.05, 4.69) is 0 Å². The summed E-state index contributed by atoms with van der Waals surface area (Å²) in [5.41, 5.74) is 1.37. The summed E-state index contributed by atoms with van der Waals surface area (Å²) in [6.45, 7) is 11.0. The van der Waals surface area contributed by atoms with Crippen molar-refractivity contribution in [1.82, 2.24) is 0 Å². The molecule has 4 unspecified atom stereocenters. The number of hydrogen-bond acceptors (Lipinski definition) is 12. The highest BCUT2D eigenvalue weighted by Crippen LogP contribution is 2.21. The smallest absolute Gasteiger partial charge is 0.306 e. The lowest BCUT2D eigenvalue weighted by Crippen LogP contribution is -2.18. The van der Waals surface area contributed by atoms with E-state index in [0.717, 1.165) is 38.5 Å². The number of hydrogen-bond donors (Lipinski definition) is 3. The monoisotopic (exact) mass is 798 g/mol. The summed E-state index contributed by atoms with van der Waals surface area (Å²) in [7, 11) is 0. The molecule has 0 aliphatic heterocycles. The van der Waals surface area contributed by atoms with E-state index in [4.69, 9.17) is 14.2 Å². The first-order chi connectivity index (χ1) is 27.0. The van der Waals surface area contributed by atoms with Crippen molar-refractivity contribution < 1.29 is 58.3 Å². The Morgan fingerprint density at radius 1 is 0.614 bits per heavy atom. The fourth-order valence-electron chi connectivity index (χ4n) is 5.72. The van der Waals surface area contributed by atoms with E-state index < -0.39 is 18.3 Å². The molecule has 3 aliphatic carbocycles. The van der Waals surface area contributed by atoms with E-state index in [0.29, 0.717) is 49.7 Å². The van der Waals surface area contributed by atoms with Crippen molar-refractivity contribution >= 4 is 35.3 Å². The van der Waals surface area contributed by atoms with Gasteiger partial charge >= 0.3 is 17.9 Å². The number of allylic oxidation sites excluding steroid dienone is 9. The Morgan fingerprint density at radius 2 is 0.982 bits per heavy atom. The maximum absolute atomic E-state index is 11.4. The van der Waals surface area contributed by atoms with Crippen molar-refractivity contribution in [2.75, 3.05) is 0 Å². The minimum Gasteiger partial charge on any atom is -0.463 e. The quantitative estimate of drug-likeness (QED) is 0.0477. The van der Waals surface area contributed by atoms with Gasteiger partial charge in [-0.05, 0) is 129 Å². The van der Waals surface area contributed by atoms with Crippen LogP contribution in [-0.2, 0) is 43.0 Å². The van der Waals surface area contributed by atoms with Crippen molar-refractivity contribution in [3.8, 4) is 0 Å². The van der Waals surface area contributed by atoms with Crippen LogP contribution in [0.3, 0.4) is 0 Å². The van der Waals surface area contributed by atoms with Gasteiger partial charge in [-0.3, -0.25) is 28.8 Å². The Bertz CT molecular complexity index is 1400. The molecule has 0 heterocycles. The molecule has 12 heteroatoms. The number of aliphatic hydroxyl groups is 3. The number of rotatable bonds is 21. The van der Waals surface area contributed by atoms with Crippen LogP contribution in [0.1, 0.15) is 131 Å². The average Bonchev–Trinajstić information content (AvgIpc) is 3.73. The van der Waals surface area contributed by atoms with Crippen LogP contribution in [0, 0.1) is 5.92 Å². The highest BCUT2D eigenvalue weighted by molar-refractivity contribution is 5.99. The zero-order chi connectivity index (χ0) is 42.8. The molecule has 3 aliphatic rings. The van der Waals surface area contributed by atoms with Crippen LogP contribution in [0.2, 0.25) is 0 Å². The molecule has 0 saturated carbocycles. The fraction of sp³-hybridized carbons (Fsp3) is 0.600. The number of aliphatic hydroxyl groups excluding tert-OH is 3. The topological polar surface area (TPSA) is 191 Å². The lowest BCUT2D eigenvalue weighted by Gasteiger charge is -2.09. The molecule has 3 N–H and O–H groups in total. The number of Topliss-reactive ketones (excluding diaryl/α,β-unsaturated/α-hetero) is 2. The lowest BCUT2D eigenvalue weighted by molar-refractivity contribution is -0.148. The molecule has 0 bridgehead atoms. The summed E-state index contributed by atoms with van der Waals surface area (Å²) in [4.78, 5) is 67.8. The molecule has 0 aromatic heterocycles. The molecular formula is C45H66O12. The van der Waals surface area contributed by atoms with E-state index in [9.17, 15) is 44.1 Å². The largest absolute Gasteiger partial charge is 0.463 e. The molecule has 0 radical (unpaired) electrons. The van der Waals surface area contributed by atoms with Gasteiger partial charge in [0, 0.05) is 32.1 Å². The minimum atomic E-state index is -0.654. The minimum absolute atomic E-state index is 0.0161. The number of unbranched alkanes of at least 4 members (excludes halogenated alkanes) is 3. The summed E-state index contributed by atoms with van der Waals surface area (Å²) in [6.07, 6.45) is 23.7. The number of carbonyl (C=O) groups excluding carboxylic acids is 6. The van der Waals surface area contributed by atoms with Gasteiger partial charge in [-0.15, -0.1) is 0 Å². The van der Waals surface area contributed by atoms with Gasteiger partial charge in [-0.1, -0.05) is 42.5 Å². The average molecular weight is 799 g/mol. The molecule has 0 spiro atoms. The number of ketones is 3. The molecule has 4 atom stereocenters. The van der Waals surface area contributed by atoms with Crippen molar-refractivity contribution in [3.05, 3.63) is 71.9 Å². The second kappa shape index (κ2) is 29.0. The Kier molecular flexibility index (Phi) is 25.9. The summed E-state index contributed by atoms with van der Waals surface area (Å²) >= 11 is 0. The van der Waals surface area contributed by atoms with Gasteiger partial charge in [0.05, 0.1) is 42.5 Å². The molecule has 12 nitrogen and oxygen atoms in total. The SMILES string of the molecule is CC(C)OC(=O)CCC/C=C\CC1=CC(O)CC1=O.CC(C)OC(=O)CCC/C=C\CC1=CC(O)CC1=O.CC(C)OC(=O)CCC/C=C\CC1C(=O)C=CC1O. The summed E-state index contributed by atoms with van der Waals surface area (Å²) in [6, 6.07) is 0. The van der Waals surface area contributed by atoms with Crippen LogP contribution in [0.15, 0.2) is 71.9 Å². The van der Waals surface area contributed by atoms with Crippen LogP contribution in [0.4, 0.5) is 0 Å². The first kappa shape index (κ1) is 50.8. The lowest BCUT2D eigenvalue weighted by atomic mass is 9.99. The second-order valence-corrected chi connectivity index (χ2v) is 15.0. The summed E-state index contributed by atoms with van der Waals surface area (Å²) < 4.78 is 15.1. The van der Waals surface area contributed by atoms with E-state index in [1.165, 1.54) is 12.2 Å². The van der Waals surface area contributed by atoms with E-state index in [1.54, 1.807) is 12.2 Å². The third kappa shape index (κ3) is 24.9. The molecule has 0 aromatic carbocycles. The van der Waals surface area contributed by atoms with Crippen LogP contribution < -0.4 is 0 Å². The first-order valence-corrected chi connectivity index (χ1v) is 20.3. The molecule has 0 amide bonds. The predicted molar refractivity (Wildman–Crippen MR) is 218 cm³/mol. The molecule has 0 fully saturated rings. The second-order valence-electron chi connectivity index (χ2n) is 15.0. The number of esters is 3. The van der Waals surface area contributed by atoms with Gasteiger partial charge in [0.15, 0.2) is 17.3 Å². The fourth-order valence-corrected chi connectivity index (χ4v) is 5.72. The van der Waals surface area contributed by atoms with Gasteiger partial charge in [0.25, 0.3) is 0 Å². The van der Waals surface area contributed by atoms with E-state index >= 15 is 0 Å². The zero-order valence-electron chi connectivity index (χ0n) is 34.7. The Labute approximate surface area is 338 Å². The third-order valence-corrected chi connectivity index (χ3v) is 8.45. The maximum Gasteiger partial charge on any atom is 0.306 e. The standard InChI is InChI=1S/3C15H22O4/c2*1-11(2)19-15(18)8-6-4-3-5-7-12-9-13(16)10-14(12)17;1-11(2)19-15(18)8-6-4-3-5-7-12-13(16)9-10-14(12)17/h2*3,5,9,11,13,16H,4,6-8,10H2,1-2H3;3,5,9-13,16H,4,6-8H2,1-2H3/b3*5-3-. The van der Waals surface area contributed by atoms with Crippen LogP contribution in [-0.4, -0.2) is 87.2 Å². The Morgan fingerprint density at radius 3 is 1.28 bits per heavy atom. The third-order valence-electron chi connectivity index (χ3n) is 8.45. The van der Waals surface area contributed by atoms with E-state index in [-0.39, 0.29) is 72.3 Å². The van der Waals surface area contributed by atoms with Crippen LogP contribution in [0.5, 0.6) is 0 Å². The van der Waals surface area contributed by atoms with Gasteiger partial charge in [0.2, 0.25) is 0 Å². The predicted octanol–water partition coefficient (Wildman–Crippen LogP) is 6.80. The van der Waals surface area contributed by atoms with Gasteiger partial charge in [-0.25, -0.2) is 0 Å². The van der Waals surface area contributed by atoms with Crippen molar-refractivity contribution in [2.45, 2.75) is 168 Å². The number of carbonyl (C=O) groups is 6. The molecule has 3 rings (SSSR count). The Balaban J connectivity index is 0.000000427. The van der Waals surface area contributed by atoms with Gasteiger partial charge < -0.3 is 29.5 Å². The molecule has 57 heavy (non-hydrogen) atoms. The molecule has 0 saturated heterocycles. The maximum atomic E-state index is 11.4. The van der Waals surface area contributed by atoms with Crippen molar-refractivity contribution in [2.24, 2.45) is 5.92 Å². The molecular weight excluding hydrogens is 732 g/mol. The zero-order valence-corrected chi connectivity index (χ0v) is 34.7. The number of ether oxygens (including phenoxy) is 3. The highest BCUT2D eigenvalue weighted by atomic mass is 16.5. The first-order valence-electron chi connectivity index (χ1n) is 20.3. The summed E-state index contributed by atoms with van der Waals surface area (Å²) in [5.74, 6) is -0.801. The molecule has 0 aromatic rings. The highest BCUT2D eigenvalue weighted by Gasteiger charge is 2.27. The van der Waals surface area contributed by atoms with Gasteiger partial charge in [0.1, 0.15) is 0 Å². The van der Waals surface area contributed by atoms with Crippen LogP contribution in [0.25, 0.3) is 0 Å².